The van der Waals surface area contributed by atoms with Crippen molar-refractivity contribution in [1.29, 1.82) is 0 Å². The fourth-order valence-corrected chi connectivity index (χ4v) is 5.09. The topological polar surface area (TPSA) is 104 Å². The van der Waals surface area contributed by atoms with Gasteiger partial charge in [-0.3, -0.25) is 9.10 Å². The molecule has 0 radical (unpaired) electrons. The van der Waals surface area contributed by atoms with Gasteiger partial charge in [-0.15, -0.1) is 10.2 Å². The van der Waals surface area contributed by atoms with E-state index in [9.17, 15) is 18.3 Å². The van der Waals surface area contributed by atoms with Gasteiger partial charge in [0.25, 0.3) is 15.9 Å². The Hall–Kier alpha value is -3.69. The van der Waals surface area contributed by atoms with Gasteiger partial charge in [-0.1, -0.05) is 54.1 Å². The zero-order valence-electron chi connectivity index (χ0n) is 18.4. The minimum absolute atomic E-state index is 0.0168. The van der Waals surface area contributed by atoms with Crippen LogP contribution < -0.4 is 4.31 Å². The minimum atomic E-state index is -4.10. The summed E-state index contributed by atoms with van der Waals surface area (Å²) >= 11 is 6.23. The van der Waals surface area contributed by atoms with Gasteiger partial charge in [-0.05, 0) is 42.8 Å². The lowest BCUT2D eigenvalue weighted by molar-refractivity contribution is -0.116. The Morgan fingerprint density at radius 2 is 1.74 bits per heavy atom. The van der Waals surface area contributed by atoms with Crippen LogP contribution in [0.3, 0.4) is 0 Å². The van der Waals surface area contributed by atoms with Crippen molar-refractivity contribution in [3.8, 4) is 5.88 Å². The molecule has 0 saturated carbocycles. The fraction of sp³-hybridized carbons (Fsp3) is 0.125. The second-order valence-corrected chi connectivity index (χ2v) is 9.87. The molecule has 0 spiro atoms. The van der Waals surface area contributed by atoms with Crippen LogP contribution in [0.5, 0.6) is 5.88 Å². The number of rotatable bonds is 6. The molecule has 0 aliphatic rings. The Balaban J connectivity index is 1.70. The highest BCUT2D eigenvalue weighted by molar-refractivity contribution is 7.92. The van der Waals surface area contributed by atoms with Gasteiger partial charge < -0.3 is 9.67 Å². The van der Waals surface area contributed by atoms with Crippen molar-refractivity contribution >= 4 is 49.8 Å². The van der Waals surface area contributed by atoms with E-state index in [2.05, 4.69) is 10.2 Å². The number of para-hydroxylation sites is 1. The van der Waals surface area contributed by atoms with Crippen molar-refractivity contribution in [3.63, 3.8) is 0 Å². The summed E-state index contributed by atoms with van der Waals surface area (Å²) in [6.07, 6.45) is 0. The van der Waals surface area contributed by atoms with Crippen molar-refractivity contribution in [2.75, 3.05) is 10.8 Å². The van der Waals surface area contributed by atoms with Crippen LogP contribution in [-0.4, -0.2) is 30.5 Å². The number of halogens is 1. The maximum absolute atomic E-state index is 13.4. The molecule has 0 atom stereocenters. The molecule has 3 aromatic carbocycles. The summed E-state index contributed by atoms with van der Waals surface area (Å²) in [7, 11) is -2.44. The van der Waals surface area contributed by atoms with E-state index in [-0.39, 0.29) is 22.2 Å². The summed E-state index contributed by atoms with van der Waals surface area (Å²) < 4.78 is 29.2. The third-order valence-electron chi connectivity index (χ3n) is 5.37. The third-order valence-corrected chi connectivity index (χ3v) is 7.56. The molecule has 0 saturated heterocycles. The first kappa shape index (κ1) is 23.5. The molecule has 1 N–H and O–H groups in total. The largest absolute Gasteiger partial charge is 0.493 e. The maximum Gasteiger partial charge on any atom is 0.285 e. The summed E-state index contributed by atoms with van der Waals surface area (Å²) in [5.41, 5.74) is 1.82. The lowest BCUT2D eigenvalue weighted by Crippen LogP contribution is -2.35. The number of hydrogen-bond donors (Lipinski definition) is 1. The number of aryl methyl sites for hydroxylation is 2. The molecule has 0 fully saturated rings. The number of aromatic nitrogens is 1. The first-order valence-electron chi connectivity index (χ1n) is 10.2. The Morgan fingerprint density at radius 1 is 1.06 bits per heavy atom. The van der Waals surface area contributed by atoms with E-state index in [4.69, 9.17) is 11.6 Å². The van der Waals surface area contributed by atoms with Crippen molar-refractivity contribution in [3.05, 3.63) is 83.4 Å². The van der Waals surface area contributed by atoms with Gasteiger partial charge in [0.15, 0.2) is 5.69 Å². The monoisotopic (exact) mass is 496 g/mol. The fourth-order valence-electron chi connectivity index (χ4n) is 3.49. The van der Waals surface area contributed by atoms with Crippen LogP contribution in [0.25, 0.3) is 10.9 Å². The molecule has 0 bridgehead atoms. The molecule has 4 aromatic rings. The number of anilines is 1. The smallest absolute Gasteiger partial charge is 0.285 e. The molecule has 0 aliphatic heterocycles. The summed E-state index contributed by atoms with van der Waals surface area (Å²) in [5, 5.41) is 19.0. The standard InChI is InChI=1S/C24H21ClN4O4S/c1-16-12-13-17(14-20(16)25)29(34(32,33)18-8-4-3-5-9-18)15-22(30)26-27-23-19-10-6-7-11-21(19)28(2)24(23)31/h3-14,31H,15H2,1-2H3. The van der Waals surface area contributed by atoms with E-state index >= 15 is 0 Å². The van der Waals surface area contributed by atoms with Crippen LogP contribution in [0.4, 0.5) is 11.4 Å². The lowest BCUT2D eigenvalue weighted by atomic mass is 10.2. The predicted octanol–water partition coefficient (Wildman–Crippen LogP) is 5.35. The number of carbonyl (C=O) groups excluding carboxylic acids is 1. The van der Waals surface area contributed by atoms with Crippen LogP contribution in [0, 0.1) is 6.92 Å². The number of fused-ring (bicyclic) bond motifs is 1. The van der Waals surface area contributed by atoms with Gasteiger partial charge in [0.2, 0.25) is 5.88 Å². The van der Waals surface area contributed by atoms with Gasteiger partial charge in [0.05, 0.1) is 16.1 Å². The molecule has 1 heterocycles. The van der Waals surface area contributed by atoms with E-state index in [0.717, 1.165) is 9.87 Å². The van der Waals surface area contributed by atoms with Crippen LogP contribution >= 0.6 is 11.6 Å². The molecule has 8 nitrogen and oxygen atoms in total. The van der Waals surface area contributed by atoms with Gasteiger partial charge in [0.1, 0.15) is 6.54 Å². The lowest BCUT2D eigenvalue weighted by Gasteiger charge is -2.23. The third kappa shape index (κ3) is 4.40. The van der Waals surface area contributed by atoms with Crippen molar-refractivity contribution in [1.82, 2.24) is 4.57 Å². The zero-order valence-corrected chi connectivity index (χ0v) is 20.0. The van der Waals surface area contributed by atoms with Gasteiger partial charge in [-0.2, -0.15) is 0 Å². The van der Waals surface area contributed by atoms with E-state index in [1.807, 2.05) is 6.07 Å². The average molecular weight is 497 g/mol. The zero-order chi connectivity index (χ0) is 24.5. The Labute approximate surface area is 201 Å². The first-order valence-corrected chi connectivity index (χ1v) is 12.1. The summed E-state index contributed by atoms with van der Waals surface area (Å²) in [4.78, 5) is 12.8. The molecule has 174 valence electrons. The molecule has 1 amide bonds. The maximum atomic E-state index is 13.4. The van der Waals surface area contributed by atoms with E-state index in [1.165, 1.54) is 22.8 Å². The van der Waals surface area contributed by atoms with Crippen molar-refractivity contribution < 1.29 is 18.3 Å². The van der Waals surface area contributed by atoms with E-state index in [0.29, 0.717) is 15.9 Å². The van der Waals surface area contributed by atoms with Crippen LogP contribution in [0.2, 0.25) is 5.02 Å². The second-order valence-electron chi connectivity index (χ2n) is 7.60. The summed E-state index contributed by atoms with van der Waals surface area (Å²) in [6.45, 7) is 1.18. The molecular formula is C24H21ClN4O4S. The number of carbonyl (C=O) groups is 1. The second kappa shape index (κ2) is 9.28. The number of benzene rings is 3. The molecule has 0 aliphatic carbocycles. The van der Waals surface area contributed by atoms with Crippen molar-refractivity contribution in [2.45, 2.75) is 11.8 Å². The van der Waals surface area contributed by atoms with E-state index in [1.54, 1.807) is 62.5 Å². The van der Waals surface area contributed by atoms with Gasteiger partial charge in [0, 0.05) is 17.5 Å². The number of sulfonamides is 1. The summed E-state index contributed by atoms with van der Waals surface area (Å²) in [5.74, 6) is -0.972. The Bertz CT molecular complexity index is 1520. The molecular weight excluding hydrogens is 476 g/mol. The van der Waals surface area contributed by atoms with Crippen LogP contribution in [-0.2, 0) is 21.9 Å². The quantitative estimate of drug-likeness (QED) is 0.363. The Morgan fingerprint density at radius 3 is 2.44 bits per heavy atom. The molecule has 1 aromatic heterocycles. The van der Waals surface area contributed by atoms with Crippen LogP contribution in [0.15, 0.2) is 87.9 Å². The number of nitrogens with zero attached hydrogens (tertiary/aromatic N) is 4. The normalized spacial score (nSPS) is 11.9. The highest BCUT2D eigenvalue weighted by Crippen LogP contribution is 2.37. The highest BCUT2D eigenvalue weighted by Gasteiger charge is 2.27. The van der Waals surface area contributed by atoms with Crippen LogP contribution in [0.1, 0.15) is 5.56 Å². The highest BCUT2D eigenvalue weighted by atomic mass is 35.5. The number of hydrogen-bond acceptors (Lipinski definition) is 5. The van der Waals surface area contributed by atoms with Gasteiger partial charge >= 0.3 is 0 Å². The minimum Gasteiger partial charge on any atom is -0.493 e. The van der Waals surface area contributed by atoms with E-state index < -0.39 is 22.5 Å². The molecule has 0 unspecified atom stereocenters. The Kier molecular flexibility index (Phi) is 6.41. The molecule has 10 heteroatoms. The SMILES string of the molecule is Cc1ccc(N(CC(=O)N=Nc2c(O)n(C)c3ccccc23)S(=O)(=O)c2ccccc2)cc1Cl. The summed E-state index contributed by atoms with van der Waals surface area (Å²) in [6, 6.07) is 19.6. The predicted molar refractivity (Wildman–Crippen MR) is 131 cm³/mol. The number of amides is 1. The average Bonchev–Trinajstić information content (AvgIpc) is 3.08. The number of azo groups is 1. The molecule has 4 rings (SSSR count). The molecule has 34 heavy (non-hydrogen) atoms. The number of aromatic hydroxyl groups is 1. The van der Waals surface area contributed by atoms with Gasteiger partial charge in [-0.25, -0.2) is 8.42 Å². The van der Waals surface area contributed by atoms with Crippen molar-refractivity contribution in [2.24, 2.45) is 17.3 Å². The first-order chi connectivity index (χ1) is 16.2.